The van der Waals surface area contributed by atoms with Gasteiger partial charge in [0.05, 0.1) is 5.56 Å². The summed E-state index contributed by atoms with van der Waals surface area (Å²) >= 11 is 0. The predicted octanol–water partition coefficient (Wildman–Crippen LogP) is 0.901. The fourth-order valence-corrected chi connectivity index (χ4v) is 1.54. The lowest BCUT2D eigenvalue weighted by Crippen LogP contribution is -2.19. The molecule has 1 aliphatic heterocycles. The fraction of sp³-hybridized carbons (Fsp3) is 0.167. The summed E-state index contributed by atoms with van der Waals surface area (Å²) in [5, 5.41) is 0. The van der Waals surface area contributed by atoms with Crippen LogP contribution in [0.15, 0.2) is 41.4 Å². The molecule has 0 saturated heterocycles. The second-order valence-electron chi connectivity index (χ2n) is 3.60. The van der Waals surface area contributed by atoms with Gasteiger partial charge in [0.15, 0.2) is 12.1 Å². The third kappa shape index (κ3) is 2.55. The van der Waals surface area contributed by atoms with E-state index in [4.69, 9.17) is 10.7 Å². The Kier molecular flexibility index (Phi) is 3.71. The van der Waals surface area contributed by atoms with Gasteiger partial charge in [-0.1, -0.05) is 18.2 Å². The van der Waals surface area contributed by atoms with E-state index in [0.717, 1.165) is 5.56 Å². The molecule has 0 spiro atoms. The zero-order valence-corrected chi connectivity index (χ0v) is 9.79. The van der Waals surface area contributed by atoms with Crippen LogP contribution in [0.1, 0.15) is 22.8 Å². The topological polar surface area (TPSA) is 85.9 Å². The molecule has 94 valence electrons. The quantitative estimate of drug-likeness (QED) is 0.612. The number of hydrogen-bond acceptors (Lipinski definition) is 6. The van der Waals surface area contributed by atoms with E-state index in [9.17, 15) is 4.79 Å². The number of carbonyl (C=O) groups excluding carboxylic acids is 1. The van der Waals surface area contributed by atoms with Crippen LogP contribution in [-0.4, -0.2) is 18.0 Å². The van der Waals surface area contributed by atoms with E-state index in [2.05, 4.69) is 15.3 Å². The molecular formula is C12H13N3O3. The zero-order valence-electron chi connectivity index (χ0n) is 9.79. The molecule has 0 amide bonds. The van der Waals surface area contributed by atoms with Crippen molar-refractivity contribution in [3.05, 3.63) is 47.5 Å². The second kappa shape index (κ2) is 5.44. The lowest BCUT2D eigenvalue weighted by Gasteiger charge is -2.03. The van der Waals surface area contributed by atoms with E-state index >= 15 is 0 Å². The van der Waals surface area contributed by atoms with Crippen LogP contribution in [0.3, 0.4) is 0 Å². The van der Waals surface area contributed by atoms with Crippen LogP contribution in [-0.2, 0) is 9.68 Å². The summed E-state index contributed by atoms with van der Waals surface area (Å²) in [6, 6.07) is 6.76. The van der Waals surface area contributed by atoms with Gasteiger partial charge in [0.1, 0.15) is 0 Å². The van der Waals surface area contributed by atoms with Gasteiger partial charge in [-0.3, -0.25) is 0 Å². The van der Waals surface area contributed by atoms with Crippen LogP contribution in [0.2, 0.25) is 0 Å². The Morgan fingerprint density at radius 3 is 3.17 bits per heavy atom. The molecule has 3 N–H and O–H groups in total. The van der Waals surface area contributed by atoms with Crippen molar-refractivity contribution in [3.8, 4) is 0 Å². The normalized spacial score (nSPS) is 18.6. The molecule has 0 radical (unpaired) electrons. The van der Waals surface area contributed by atoms with Gasteiger partial charge in [-0.25, -0.2) is 20.1 Å². The maximum Gasteiger partial charge on any atom is 0.356 e. The Bertz CT molecular complexity index is 511. The van der Waals surface area contributed by atoms with E-state index in [-0.39, 0.29) is 6.23 Å². The minimum atomic E-state index is -0.596. The van der Waals surface area contributed by atoms with Crippen molar-refractivity contribution in [2.45, 2.75) is 13.2 Å². The molecule has 0 bridgehead atoms. The maximum atomic E-state index is 11.3. The summed E-state index contributed by atoms with van der Waals surface area (Å²) in [5.74, 6) is 4.80. The van der Waals surface area contributed by atoms with Crippen LogP contribution in [0.4, 0.5) is 0 Å². The SMILES string of the molecule is C/C=C/C1N=C(c2cccc(C(=O)ON)c2)NO1. The first-order chi connectivity index (χ1) is 8.74. The molecule has 1 unspecified atom stereocenters. The van der Waals surface area contributed by atoms with E-state index in [1.54, 1.807) is 30.3 Å². The second-order valence-corrected chi connectivity index (χ2v) is 3.60. The lowest BCUT2D eigenvalue weighted by molar-refractivity contribution is 0.0503. The van der Waals surface area contributed by atoms with E-state index in [1.807, 2.05) is 13.0 Å². The van der Waals surface area contributed by atoms with E-state index in [0.29, 0.717) is 11.4 Å². The van der Waals surface area contributed by atoms with Crippen molar-refractivity contribution in [2.75, 3.05) is 0 Å². The van der Waals surface area contributed by atoms with Crippen molar-refractivity contribution in [3.63, 3.8) is 0 Å². The molecule has 1 aliphatic rings. The number of nitrogens with two attached hydrogens (primary N) is 1. The fourth-order valence-electron chi connectivity index (χ4n) is 1.54. The summed E-state index contributed by atoms with van der Waals surface area (Å²) in [5.41, 5.74) is 3.79. The summed E-state index contributed by atoms with van der Waals surface area (Å²) < 4.78 is 0. The average molecular weight is 247 g/mol. The monoisotopic (exact) mass is 247 g/mol. The highest BCUT2D eigenvalue weighted by Gasteiger charge is 2.17. The Labute approximate surface area is 104 Å². The molecule has 1 atom stereocenters. The average Bonchev–Trinajstić information content (AvgIpc) is 2.87. The Morgan fingerprint density at radius 2 is 2.44 bits per heavy atom. The van der Waals surface area contributed by atoms with Gasteiger partial charge < -0.3 is 4.84 Å². The molecule has 18 heavy (non-hydrogen) atoms. The molecule has 0 saturated carbocycles. The third-order valence-electron chi connectivity index (χ3n) is 2.37. The number of nitrogens with zero attached hydrogens (tertiary/aromatic N) is 1. The predicted molar refractivity (Wildman–Crippen MR) is 65.4 cm³/mol. The first-order valence-electron chi connectivity index (χ1n) is 5.38. The zero-order chi connectivity index (χ0) is 13.0. The molecule has 0 fully saturated rings. The number of benzene rings is 1. The van der Waals surface area contributed by atoms with Gasteiger partial charge in [0.25, 0.3) is 0 Å². The van der Waals surface area contributed by atoms with Crippen molar-refractivity contribution in [1.82, 2.24) is 5.48 Å². The number of rotatable bonds is 3. The van der Waals surface area contributed by atoms with Crippen LogP contribution in [0.5, 0.6) is 0 Å². The van der Waals surface area contributed by atoms with Gasteiger partial charge >= 0.3 is 5.97 Å². The summed E-state index contributed by atoms with van der Waals surface area (Å²) in [7, 11) is 0. The number of hydroxylamine groups is 1. The van der Waals surface area contributed by atoms with Crippen molar-refractivity contribution in [1.29, 1.82) is 0 Å². The number of hydrogen-bond donors (Lipinski definition) is 2. The molecule has 6 nitrogen and oxygen atoms in total. The Hall–Kier alpha value is -2.18. The standard InChI is InChI=1S/C12H13N3O3/c1-2-4-10-14-11(15-18-10)8-5-3-6-9(7-8)12(16)17-13/h2-7,10H,13H2,1H3,(H,14,15)/b4-2+. The Morgan fingerprint density at radius 1 is 1.61 bits per heavy atom. The van der Waals surface area contributed by atoms with Crippen LogP contribution in [0, 0.1) is 0 Å². The van der Waals surface area contributed by atoms with Crippen LogP contribution in [0.25, 0.3) is 0 Å². The first-order valence-corrected chi connectivity index (χ1v) is 5.38. The highest BCUT2D eigenvalue weighted by molar-refractivity contribution is 6.01. The number of nitrogens with one attached hydrogen (secondary N) is 1. The smallest absolute Gasteiger partial charge is 0.356 e. The minimum absolute atomic E-state index is 0.352. The Balaban J connectivity index is 2.24. The molecule has 6 heteroatoms. The molecule has 1 aromatic rings. The van der Waals surface area contributed by atoms with Crippen molar-refractivity contribution >= 4 is 11.8 Å². The minimum Gasteiger partial charge on any atom is -0.370 e. The van der Waals surface area contributed by atoms with Gasteiger partial charge in [-0.2, -0.15) is 5.90 Å². The number of carbonyl (C=O) groups is 1. The molecule has 1 heterocycles. The van der Waals surface area contributed by atoms with Crippen molar-refractivity contribution in [2.24, 2.45) is 10.9 Å². The highest BCUT2D eigenvalue weighted by Crippen LogP contribution is 2.11. The van der Waals surface area contributed by atoms with Crippen LogP contribution < -0.4 is 11.4 Å². The number of aliphatic imine (C=N–C) groups is 1. The first kappa shape index (κ1) is 12.3. The largest absolute Gasteiger partial charge is 0.370 e. The van der Waals surface area contributed by atoms with Gasteiger partial charge in [-0.05, 0) is 25.1 Å². The number of allylic oxidation sites excluding steroid dienone is 1. The van der Waals surface area contributed by atoms with E-state index < -0.39 is 5.97 Å². The summed E-state index contributed by atoms with van der Waals surface area (Å²) in [4.78, 5) is 25.0. The molecule has 1 aromatic carbocycles. The number of amidine groups is 1. The lowest BCUT2D eigenvalue weighted by atomic mass is 10.1. The van der Waals surface area contributed by atoms with Gasteiger partial charge in [0.2, 0.25) is 0 Å². The summed E-state index contributed by atoms with van der Waals surface area (Å²) in [6.07, 6.45) is 3.30. The summed E-state index contributed by atoms with van der Waals surface area (Å²) in [6.45, 7) is 1.88. The molecular weight excluding hydrogens is 234 g/mol. The molecule has 2 rings (SSSR count). The molecule has 0 aliphatic carbocycles. The highest BCUT2D eigenvalue weighted by atomic mass is 16.7. The van der Waals surface area contributed by atoms with Crippen molar-refractivity contribution < 1.29 is 14.5 Å². The third-order valence-corrected chi connectivity index (χ3v) is 2.37. The maximum absolute atomic E-state index is 11.3. The van der Waals surface area contributed by atoms with Gasteiger partial charge in [0, 0.05) is 5.56 Å². The van der Waals surface area contributed by atoms with E-state index in [1.165, 1.54) is 0 Å². The van der Waals surface area contributed by atoms with Crippen LogP contribution >= 0.6 is 0 Å². The van der Waals surface area contributed by atoms with Gasteiger partial charge in [-0.15, -0.1) is 0 Å². The molecule has 0 aromatic heterocycles.